The predicted molar refractivity (Wildman–Crippen MR) is 72.0 cm³/mol. The summed E-state index contributed by atoms with van der Waals surface area (Å²) in [6.45, 7) is 2.12. The Morgan fingerprint density at radius 1 is 1.42 bits per heavy atom. The molecule has 19 heavy (non-hydrogen) atoms. The molecule has 2 rings (SSSR count). The Bertz CT molecular complexity index is 547. The first-order valence-corrected chi connectivity index (χ1v) is 5.92. The molecule has 5 nitrogen and oxygen atoms in total. The van der Waals surface area contributed by atoms with Crippen molar-refractivity contribution in [3.05, 3.63) is 41.7 Å². The van der Waals surface area contributed by atoms with Crippen molar-refractivity contribution in [2.75, 3.05) is 20.7 Å². The number of carbonyl (C=O) groups excluding carboxylic acids is 1. The lowest BCUT2D eigenvalue weighted by Gasteiger charge is -2.05. The number of benzene rings is 1. The highest BCUT2D eigenvalue weighted by Crippen LogP contribution is 2.15. The summed E-state index contributed by atoms with van der Waals surface area (Å²) in [4.78, 5) is 17.3. The molecule has 5 heteroatoms. The minimum Gasteiger partial charge on any atom is -0.484 e. The van der Waals surface area contributed by atoms with Gasteiger partial charge in [0.15, 0.2) is 12.3 Å². The summed E-state index contributed by atoms with van der Waals surface area (Å²) < 4.78 is 10.5. The van der Waals surface area contributed by atoms with Crippen LogP contribution in [0.5, 0.6) is 5.75 Å². The van der Waals surface area contributed by atoms with Crippen LogP contribution in [0.1, 0.15) is 5.56 Å². The van der Waals surface area contributed by atoms with E-state index in [1.54, 1.807) is 11.1 Å². The fourth-order valence-electron chi connectivity index (χ4n) is 1.60. The number of cyclic esters (lactones) is 1. The number of hydrogen-bond acceptors (Lipinski definition) is 5. The van der Waals surface area contributed by atoms with Gasteiger partial charge in [0.2, 0.25) is 5.90 Å². The topological polar surface area (TPSA) is 51.1 Å². The zero-order valence-electron chi connectivity index (χ0n) is 11.2. The van der Waals surface area contributed by atoms with Crippen molar-refractivity contribution in [3.8, 4) is 5.75 Å². The van der Waals surface area contributed by atoms with E-state index in [9.17, 15) is 4.79 Å². The first kappa shape index (κ1) is 13.1. The van der Waals surface area contributed by atoms with Crippen molar-refractivity contribution in [2.24, 2.45) is 4.99 Å². The molecule has 1 aliphatic rings. The number of hydrogen-bond donors (Lipinski definition) is 0. The zero-order chi connectivity index (χ0) is 13.8. The lowest BCUT2D eigenvalue weighted by Crippen LogP contribution is -2.13. The van der Waals surface area contributed by atoms with Gasteiger partial charge in [0.1, 0.15) is 5.75 Å². The van der Waals surface area contributed by atoms with Crippen LogP contribution in [-0.2, 0) is 9.53 Å². The van der Waals surface area contributed by atoms with Gasteiger partial charge in [0.05, 0.1) is 0 Å². The number of ether oxygens (including phenoxy) is 2. The van der Waals surface area contributed by atoms with Crippen LogP contribution < -0.4 is 4.74 Å². The average molecular weight is 260 g/mol. The molecule has 0 fully saturated rings. The van der Waals surface area contributed by atoms with E-state index < -0.39 is 5.97 Å². The summed E-state index contributed by atoms with van der Waals surface area (Å²) in [5.74, 6) is 0.555. The van der Waals surface area contributed by atoms with Crippen molar-refractivity contribution in [2.45, 2.75) is 6.92 Å². The van der Waals surface area contributed by atoms with Gasteiger partial charge in [-0.3, -0.25) is 0 Å². The van der Waals surface area contributed by atoms with Crippen molar-refractivity contribution in [3.63, 3.8) is 0 Å². The predicted octanol–water partition coefficient (Wildman–Crippen LogP) is 1.73. The van der Waals surface area contributed by atoms with Crippen LogP contribution in [0.4, 0.5) is 0 Å². The average Bonchev–Trinajstić information content (AvgIpc) is 2.67. The third-order valence-corrected chi connectivity index (χ3v) is 2.40. The molecule has 0 N–H and O–H groups in total. The van der Waals surface area contributed by atoms with Crippen LogP contribution in [0.2, 0.25) is 0 Å². The third-order valence-electron chi connectivity index (χ3n) is 2.40. The van der Waals surface area contributed by atoms with Crippen molar-refractivity contribution in [1.29, 1.82) is 0 Å². The van der Waals surface area contributed by atoms with Gasteiger partial charge < -0.3 is 14.4 Å². The Hall–Kier alpha value is -2.30. The first-order chi connectivity index (χ1) is 9.04. The van der Waals surface area contributed by atoms with E-state index in [-0.39, 0.29) is 18.2 Å². The van der Waals surface area contributed by atoms with Crippen LogP contribution in [0.25, 0.3) is 0 Å². The molecular formula is C14H16N2O3. The highest BCUT2D eigenvalue weighted by Gasteiger charge is 2.23. The van der Waals surface area contributed by atoms with Gasteiger partial charge >= 0.3 is 5.97 Å². The Balaban J connectivity index is 1.99. The molecule has 1 aromatic rings. The summed E-state index contributed by atoms with van der Waals surface area (Å²) in [5, 5.41) is 0. The molecular weight excluding hydrogens is 244 g/mol. The highest BCUT2D eigenvalue weighted by atomic mass is 16.6. The molecule has 1 heterocycles. The minimum atomic E-state index is -0.448. The SMILES string of the molecule is Cc1cccc(OCC2=NC(=CN(C)C)C(=O)O2)c1. The second-order valence-corrected chi connectivity index (χ2v) is 4.48. The number of carbonyl (C=O) groups is 1. The summed E-state index contributed by atoms with van der Waals surface area (Å²) in [6.07, 6.45) is 1.61. The van der Waals surface area contributed by atoms with E-state index >= 15 is 0 Å². The van der Waals surface area contributed by atoms with Gasteiger partial charge in [0, 0.05) is 20.3 Å². The Morgan fingerprint density at radius 3 is 2.89 bits per heavy atom. The van der Waals surface area contributed by atoms with Crippen LogP contribution in [-0.4, -0.2) is 37.5 Å². The monoisotopic (exact) mass is 260 g/mol. The molecule has 0 amide bonds. The maximum Gasteiger partial charge on any atom is 0.365 e. The van der Waals surface area contributed by atoms with Crippen LogP contribution in [0, 0.1) is 6.92 Å². The van der Waals surface area contributed by atoms with Crippen LogP contribution >= 0.6 is 0 Å². The number of nitrogens with zero attached hydrogens (tertiary/aromatic N) is 2. The van der Waals surface area contributed by atoms with E-state index in [1.807, 2.05) is 45.3 Å². The standard InChI is InChI=1S/C14H16N2O3/c1-10-5-4-6-11(7-10)18-9-13-15-12(8-16(2)3)14(17)19-13/h4-8H,9H2,1-3H3. The summed E-state index contributed by atoms with van der Waals surface area (Å²) in [6, 6.07) is 7.65. The number of esters is 1. The molecule has 1 aromatic carbocycles. The molecule has 100 valence electrons. The molecule has 0 saturated carbocycles. The Morgan fingerprint density at radius 2 is 2.21 bits per heavy atom. The second kappa shape index (κ2) is 5.56. The molecule has 0 aliphatic carbocycles. The quantitative estimate of drug-likeness (QED) is 0.611. The lowest BCUT2D eigenvalue weighted by molar-refractivity contribution is -0.130. The highest BCUT2D eigenvalue weighted by molar-refractivity contribution is 6.04. The molecule has 0 atom stereocenters. The van der Waals surface area contributed by atoms with Gasteiger partial charge in [-0.05, 0) is 24.6 Å². The summed E-state index contributed by atoms with van der Waals surface area (Å²) in [5.41, 5.74) is 1.39. The smallest absolute Gasteiger partial charge is 0.365 e. The van der Waals surface area contributed by atoms with E-state index in [0.29, 0.717) is 0 Å². The molecule has 0 saturated heterocycles. The molecule has 0 bridgehead atoms. The zero-order valence-corrected chi connectivity index (χ0v) is 11.2. The Kier molecular flexibility index (Phi) is 3.85. The van der Waals surface area contributed by atoms with Gasteiger partial charge in [0.25, 0.3) is 0 Å². The van der Waals surface area contributed by atoms with Gasteiger partial charge in [-0.15, -0.1) is 0 Å². The van der Waals surface area contributed by atoms with Gasteiger partial charge in [-0.1, -0.05) is 12.1 Å². The van der Waals surface area contributed by atoms with Crippen molar-refractivity contribution < 1.29 is 14.3 Å². The number of aryl methyl sites for hydroxylation is 1. The molecule has 0 radical (unpaired) electrons. The molecule has 0 unspecified atom stereocenters. The van der Waals surface area contributed by atoms with Gasteiger partial charge in [-0.2, -0.15) is 0 Å². The number of rotatable bonds is 4. The van der Waals surface area contributed by atoms with Crippen molar-refractivity contribution >= 4 is 11.9 Å². The minimum absolute atomic E-state index is 0.139. The van der Waals surface area contributed by atoms with Crippen LogP contribution in [0.15, 0.2) is 41.2 Å². The third kappa shape index (κ3) is 3.58. The van der Waals surface area contributed by atoms with E-state index in [4.69, 9.17) is 9.47 Å². The maximum atomic E-state index is 11.5. The van der Waals surface area contributed by atoms with Crippen LogP contribution in [0.3, 0.4) is 0 Å². The summed E-state index contributed by atoms with van der Waals surface area (Å²) >= 11 is 0. The maximum absolute atomic E-state index is 11.5. The molecule has 0 spiro atoms. The normalized spacial score (nSPS) is 16.3. The van der Waals surface area contributed by atoms with E-state index in [1.165, 1.54) is 0 Å². The molecule has 0 aromatic heterocycles. The largest absolute Gasteiger partial charge is 0.484 e. The lowest BCUT2D eigenvalue weighted by atomic mass is 10.2. The Labute approximate surface area is 112 Å². The van der Waals surface area contributed by atoms with Gasteiger partial charge in [-0.25, -0.2) is 9.79 Å². The molecule has 1 aliphatic heterocycles. The van der Waals surface area contributed by atoms with E-state index in [0.717, 1.165) is 11.3 Å². The fourth-order valence-corrected chi connectivity index (χ4v) is 1.60. The van der Waals surface area contributed by atoms with E-state index in [2.05, 4.69) is 4.99 Å². The van der Waals surface area contributed by atoms with Crippen molar-refractivity contribution in [1.82, 2.24) is 4.90 Å². The summed E-state index contributed by atoms with van der Waals surface area (Å²) in [7, 11) is 3.63. The first-order valence-electron chi connectivity index (χ1n) is 5.92. The second-order valence-electron chi connectivity index (χ2n) is 4.48. The number of aliphatic imine (C=N–C) groups is 1. The fraction of sp³-hybridized carbons (Fsp3) is 0.286.